The lowest BCUT2D eigenvalue weighted by molar-refractivity contribution is 0.196. The molecular weight excluding hydrogens is 313 g/mol. The van der Waals surface area contributed by atoms with Gasteiger partial charge in [-0.15, -0.1) is 0 Å². The zero-order valence-corrected chi connectivity index (χ0v) is 12.9. The molecule has 0 bridgehead atoms. The van der Waals surface area contributed by atoms with Crippen molar-refractivity contribution in [1.29, 1.82) is 5.26 Å². The second kappa shape index (κ2) is 6.51. The topological polar surface area (TPSA) is 44.0 Å². The van der Waals surface area contributed by atoms with Gasteiger partial charge in [-0.3, -0.25) is 0 Å². The van der Waals surface area contributed by atoms with Gasteiger partial charge in [0.2, 0.25) is 0 Å². The van der Waals surface area contributed by atoms with Gasteiger partial charge in [0.25, 0.3) is 0 Å². The first-order valence-corrected chi connectivity index (χ1v) is 7.43. The molecule has 2 nitrogen and oxygen atoms in total. The van der Waals surface area contributed by atoms with E-state index in [4.69, 9.17) is 28.5 Å². The molecule has 0 fully saturated rings. The van der Waals surface area contributed by atoms with Crippen LogP contribution in [0.1, 0.15) is 24.2 Å². The van der Waals surface area contributed by atoms with Gasteiger partial charge in [-0.2, -0.15) is 5.26 Å². The number of hydrogen-bond acceptors (Lipinski definition) is 3. The van der Waals surface area contributed by atoms with Crippen LogP contribution in [-0.2, 0) is 0 Å². The van der Waals surface area contributed by atoms with Crippen LogP contribution in [0.25, 0.3) is 0 Å². The Labute approximate surface area is 131 Å². The van der Waals surface area contributed by atoms with Crippen LogP contribution in [0.15, 0.2) is 46.2 Å². The Morgan fingerprint density at radius 1 is 1.15 bits per heavy atom. The predicted molar refractivity (Wildman–Crippen MR) is 82.4 cm³/mol. The van der Waals surface area contributed by atoms with E-state index in [2.05, 4.69) is 6.07 Å². The number of hydrogen-bond donors (Lipinski definition) is 1. The van der Waals surface area contributed by atoms with E-state index in [1.54, 1.807) is 43.3 Å². The molecule has 0 aromatic heterocycles. The van der Waals surface area contributed by atoms with E-state index in [0.29, 0.717) is 15.6 Å². The molecule has 20 heavy (non-hydrogen) atoms. The molecule has 2 aromatic carbocycles. The van der Waals surface area contributed by atoms with Crippen molar-refractivity contribution < 1.29 is 5.11 Å². The number of rotatable bonds is 3. The zero-order valence-electron chi connectivity index (χ0n) is 10.6. The number of nitrogens with zero attached hydrogens (tertiary/aromatic N) is 1. The number of nitriles is 1. The Morgan fingerprint density at radius 2 is 1.90 bits per heavy atom. The van der Waals surface area contributed by atoms with Gasteiger partial charge in [0.15, 0.2) is 0 Å². The van der Waals surface area contributed by atoms with E-state index in [1.807, 2.05) is 0 Å². The average molecular weight is 324 g/mol. The molecule has 5 heteroatoms. The lowest BCUT2D eigenvalue weighted by atomic mass is 10.1. The van der Waals surface area contributed by atoms with Gasteiger partial charge in [0.1, 0.15) is 0 Å². The average Bonchev–Trinajstić information content (AvgIpc) is 2.42. The molecule has 0 amide bonds. The van der Waals surface area contributed by atoms with Crippen LogP contribution in [0.4, 0.5) is 0 Å². The zero-order chi connectivity index (χ0) is 14.7. The van der Waals surface area contributed by atoms with Crippen molar-refractivity contribution in [1.82, 2.24) is 0 Å². The fraction of sp³-hybridized carbons (Fsp3) is 0.133. The third kappa shape index (κ3) is 3.47. The van der Waals surface area contributed by atoms with Crippen molar-refractivity contribution in [2.45, 2.75) is 22.8 Å². The van der Waals surface area contributed by atoms with Crippen molar-refractivity contribution in [3.05, 3.63) is 57.6 Å². The molecule has 0 saturated carbocycles. The summed E-state index contributed by atoms with van der Waals surface area (Å²) < 4.78 is 0. The minimum absolute atomic E-state index is 0.537. The largest absolute Gasteiger partial charge is 0.389 e. The molecule has 102 valence electrons. The molecule has 2 aromatic rings. The Hall–Kier alpha value is -1.18. The summed E-state index contributed by atoms with van der Waals surface area (Å²) >= 11 is 13.5. The normalized spacial score (nSPS) is 11.9. The van der Waals surface area contributed by atoms with Crippen molar-refractivity contribution in [2.75, 3.05) is 0 Å². The second-order valence-electron chi connectivity index (χ2n) is 4.22. The van der Waals surface area contributed by atoms with Crippen LogP contribution in [0.5, 0.6) is 0 Å². The minimum atomic E-state index is -0.622. The van der Waals surface area contributed by atoms with Crippen LogP contribution in [0, 0.1) is 11.3 Å². The molecule has 0 aliphatic carbocycles. The number of aliphatic hydroxyl groups is 1. The number of benzene rings is 2. The van der Waals surface area contributed by atoms with Gasteiger partial charge >= 0.3 is 0 Å². The Balaban J connectivity index is 2.46. The molecule has 0 unspecified atom stereocenters. The Kier molecular flexibility index (Phi) is 4.95. The summed E-state index contributed by atoms with van der Waals surface area (Å²) in [5.74, 6) is 0. The highest BCUT2D eigenvalue weighted by molar-refractivity contribution is 7.99. The minimum Gasteiger partial charge on any atom is -0.389 e. The maximum Gasteiger partial charge on any atom is 0.0992 e. The standard InChI is InChI=1S/C15H11Cl2NOS/c1-9(19)12-4-2-10(8-18)6-14(12)20-15-7-11(16)3-5-13(15)17/h2-7,9,19H,1H3/t9-/m1/s1. The molecule has 2 rings (SSSR count). The van der Waals surface area contributed by atoms with Crippen LogP contribution < -0.4 is 0 Å². The third-order valence-corrected chi connectivity index (χ3v) is 4.51. The smallest absolute Gasteiger partial charge is 0.0992 e. The van der Waals surface area contributed by atoms with Gasteiger partial charge in [-0.05, 0) is 42.8 Å². The second-order valence-corrected chi connectivity index (χ2v) is 6.14. The van der Waals surface area contributed by atoms with E-state index < -0.39 is 6.10 Å². The molecular formula is C15H11Cl2NOS. The molecule has 1 N–H and O–H groups in total. The molecule has 0 radical (unpaired) electrons. The predicted octanol–water partition coefficient (Wildman–Crippen LogP) is 5.07. The summed E-state index contributed by atoms with van der Waals surface area (Å²) in [5.41, 5.74) is 1.29. The van der Waals surface area contributed by atoms with E-state index in [9.17, 15) is 5.11 Å². The highest BCUT2D eigenvalue weighted by Gasteiger charge is 2.12. The molecule has 0 aliphatic heterocycles. The van der Waals surface area contributed by atoms with E-state index in [1.165, 1.54) is 11.8 Å². The highest BCUT2D eigenvalue weighted by Crippen LogP contribution is 2.38. The van der Waals surface area contributed by atoms with Gasteiger partial charge in [-0.1, -0.05) is 41.0 Å². The van der Waals surface area contributed by atoms with Crippen molar-refractivity contribution in [2.24, 2.45) is 0 Å². The first-order valence-electron chi connectivity index (χ1n) is 5.86. The fourth-order valence-corrected chi connectivity index (χ4v) is 3.31. The summed E-state index contributed by atoms with van der Waals surface area (Å²) in [5, 5.41) is 20.0. The van der Waals surface area contributed by atoms with Crippen molar-refractivity contribution in [3.63, 3.8) is 0 Å². The molecule has 0 spiro atoms. The van der Waals surface area contributed by atoms with Crippen LogP contribution in [0.3, 0.4) is 0 Å². The Bertz CT molecular complexity index is 680. The summed E-state index contributed by atoms with van der Waals surface area (Å²) in [6, 6.07) is 12.5. The van der Waals surface area contributed by atoms with Crippen molar-refractivity contribution >= 4 is 35.0 Å². The van der Waals surface area contributed by atoms with Crippen molar-refractivity contribution in [3.8, 4) is 6.07 Å². The summed E-state index contributed by atoms with van der Waals surface area (Å²) in [6.45, 7) is 1.69. The van der Waals surface area contributed by atoms with Crippen LogP contribution in [-0.4, -0.2) is 5.11 Å². The molecule has 0 aliphatic rings. The van der Waals surface area contributed by atoms with Crippen LogP contribution in [0.2, 0.25) is 10.0 Å². The quantitative estimate of drug-likeness (QED) is 0.857. The Morgan fingerprint density at radius 3 is 2.55 bits per heavy atom. The van der Waals surface area contributed by atoms with E-state index >= 15 is 0 Å². The third-order valence-electron chi connectivity index (χ3n) is 2.71. The summed E-state index contributed by atoms with van der Waals surface area (Å²) in [6.07, 6.45) is -0.622. The summed E-state index contributed by atoms with van der Waals surface area (Å²) in [7, 11) is 0. The molecule has 1 atom stereocenters. The van der Waals surface area contributed by atoms with E-state index in [0.717, 1.165) is 15.4 Å². The van der Waals surface area contributed by atoms with Gasteiger partial charge in [0.05, 0.1) is 22.8 Å². The summed E-state index contributed by atoms with van der Waals surface area (Å²) in [4.78, 5) is 1.58. The number of aliphatic hydroxyl groups excluding tert-OH is 1. The number of halogens is 2. The lowest BCUT2D eigenvalue weighted by Crippen LogP contribution is -1.95. The maximum atomic E-state index is 9.81. The van der Waals surface area contributed by atoms with Gasteiger partial charge in [-0.25, -0.2) is 0 Å². The van der Waals surface area contributed by atoms with Crippen LogP contribution >= 0.6 is 35.0 Å². The first kappa shape index (κ1) is 15.2. The maximum absolute atomic E-state index is 9.81. The fourth-order valence-electron chi connectivity index (χ4n) is 1.71. The van der Waals surface area contributed by atoms with Gasteiger partial charge < -0.3 is 5.11 Å². The lowest BCUT2D eigenvalue weighted by Gasteiger charge is -2.13. The van der Waals surface area contributed by atoms with Gasteiger partial charge in [0, 0.05) is 14.8 Å². The van der Waals surface area contributed by atoms with E-state index in [-0.39, 0.29) is 0 Å². The SMILES string of the molecule is C[C@@H](O)c1ccc(C#N)cc1Sc1cc(Cl)ccc1Cl. The highest BCUT2D eigenvalue weighted by atomic mass is 35.5. The molecule has 0 saturated heterocycles. The first-order chi connectivity index (χ1) is 9.51. The molecule has 0 heterocycles. The monoisotopic (exact) mass is 323 g/mol.